The number of rotatable bonds is 5. The number of hydrogen-bond acceptors (Lipinski definition) is 10. The first kappa shape index (κ1) is 21.4. The van der Waals surface area contributed by atoms with E-state index in [1.807, 2.05) is 6.92 Å². The van der Waals surface area contributed by atoms with Gasteiger partial charge < -0.3 is 20.7 Å². The van der Waals surface area contributed by atoms with E-state index < -0.39 is 46.3 Å². The Morgan fingerprint density at radius 1 is 1.32 bits per heavy atom. The van der Waals surface area contributed by atoms with Crippen LogP contribution in [0.4, 0.5) is 5.95 Å². The molecule has 0 saturated carbocycles. The molecule has 3 aromatic rings. The Morgan fingerprint density at radius 2 is 2.00 bits per heavy atom. The topological polar surface area (TPSA) is 183 Å². The molecule has 12 nitrogen and oxygen atoms in total. The SMILES string of the molecule is Cc1ccc(S(=O)(=O)OC[C@H]2O[C@@](C)(n3cnc4c(=O)[nH]c(N)nc43)[C@H](O)[C@@H]2O)cc1. The van der Waals surface area contributed by atoms with Crippen molar-refractivity contribution in [2.75, 3.05) is 12.3 Å². The number of benzene rings is 1. The summed E-state index contributed by atoms with van der Waals surface area (Å²) in [6.07, 6.45) is -2.98. The molecule has 0 aliphatic carbocycles. The predicted octanol–water partition coefficient (Wildman–Crippen LogP) is -0.791. The lowest BCUT2D eigenvalue weighted by Gasteiger charge is -2.29. The second kappa shape index (κ2) is 7.39. The predicted molar refractivity (Wildman–Crippen MR) is 107 cm³/mol. The van der Waals surface area contributed by atoms with Crippen LogP contribution >= 0.6 is 0 Å². The maximum atomic E-state index is 12.4. The summed E-state index contributed by atoms with van der Waals surface area (Å²) in [5.74, 6) is -0.167. The highest BCUT2D eigenvalue weighted by atomic mass is 32.2. The standard InChI is InChI=1S/C18H21N5O7S/c1-9-3-5-10(6-4-9)31(27,28)29-7-11-13(24)14(25)18(2,30-11)23-8-20-12-15(23)21-17(19)22-16(12)26/h3-6,8,11,13-14,24-25H,7H2,1-2H3,(H3,19,21,22,26)/t11-,13-,14-,18-/m1/s1. The average molecular weight is 451 g/mol. The summed E-state index contributed by atoms with van der Waals surface area (Å²) < 4.78 is 37.0. The Bertz CT molecular complexity index is 1290. The van der Waals surface area contributed by atoms with E-state index in [0.717, 1.165) is 5.56 Å². The lowest BCUT2D eigenvalue weighted by atomic mass is 10.0. The molecule has 31 heavy (non-hydrogen) atoms. The zero-order chi connectivity index (χ0) is 22.6. The highest BCUT2D eigenvalue weighted by molar-refractivity contribution is 7.86. The fraction of sp³-hybridized carbons (Fsp3) is 0.389. The minimum absolute atomic E-state index is 0.0313. The van der Waals surface area contributed by atoms with Crippen LogP contribution in [0.1, 0.15) is 12.5 Å². The molecule has 4 rings (SSSR count). The van der Waals surface area contributed by atoms with E-state index in [9.17, 15) is 23.4 Å². The van der Waals surface area contributed by atoms with Gasteiger partial charge in [0.2, 0.25) is 5.95 Å². The van der Waals surface area contributed by atoms with Crippen LogP contribution in [0.25, 0.3) is 11.2 Å². The summed E-state index contributed by atoms with van der Waals surface area (Å²) in [6, 6.07) is 6.06. The van der Waals surface area contributed by atoms with Crippen LogP contribution in [0.5, 0.6) is 0 Å². The molecule has 5 N–H and O–H groups in total. The van der Waals surface area contributed by atoms with Gasteiger partial charge in [-0.15, -0.1) is 0 Å². The van der Waals surface area contributed by atoms with Gasteiger partial charge in [0.15, 0.2) is 16.9 Å². The number of aromatic amines is 1. The molecule has 166 valence electrons. The third-order valence-corrected chi connectivity index (χ3v) is 6.54. The Balaban J connectivity index is 1.59. The molecule has 3 heterocycles. The zero-order valence-corrected chi connectivity index (χ0v) is 17.4. The highest BCUT2D eigenvalue weighted by Gasteiger charge is 2.53. The molecule has 2 aromatic heterocycles. The Hall–Kier alpha value is -2.84. The van der Waals surface area contributed by atoms with Gasteiger partial charge in [0.05, 0.1) is 17.8 Å². The van der Waals surface area contributed by atoms with Gasteiger partial charge in [0, 0.05) is 0 Å². The maximum Gasteiger partial charge on any atom is 0.297 e. The maximum absolute atomic E-state index is 12.4. The van der Waals surface area contributed by atoms with Gasteiger partial charge in [-0.2, -0.15) is 13.4 Å². The van der Waals surface area contributed by atoms with E-state index in [2.05, 4.69) is 15.0 Å². The number of nitrogens with one attached hydrogen (secondary N) is 1. The Morgan fingerprint density at radius 3 is 2.68 bits per heavy atom. The third kappa shape index (κ3) is 3.59. The summed E-state index contributed by atoms with van der Waals surface area (Å²) in [4.78, 5) is 22.3. The van der Waals surface area contributed by atoms with Crippen molar-refractivity contribution in [1.29, 1.82) is 0 Å². The fourth-order valence-corrected chi connectivity index (χ4v) is 4.40. The van der Waals surface area contributed by atoms with E-state index in [-0.39, 0.29) is 22.0 Å². The van der Waals surface area contributed by atoms with Gasteiger partial charge in [0.1, 0.15) is 18.3 Å². The van der Waals surface area contributed by atoms with E-state index in [4.69, 9.17) is 14.7 Å². The van der Waals surface area contributed by atoms with Crippen molar-refractivity contribution in [3.8, 4) is 0 Å². The molecular formula is C18H21N5O7S. The minimum atomic E-state index is -4.11. The van der Waals surface area contributed by atoms with Crippen LogP contribution in [0.15, 0.2) is 40.3 Å². The summed E-state index contributed by atoms with van der Waals surface area (Å²) >= 11 is 0. The van der Waals surface area contributed by atoms with Gasteiger partial charge in [0.25, 0.3) is 15.7 Å². The van der Waals surface area contributed by atoms with Crippen molar-refractivity contribution in [1.82, 2.24) is 19.5 Å². The van der Waals surface area contributed by atoms with E-state index in [0.29, 0.717) is 0 Å². The quantitative estimate of drug-likeness (QED) is 0.359. The van der Waals surface area contributed by atoms with Gasteiger partial charge in [-0.05, 0) is 26.0 Å². The van der Waals surface area contributed by atoms with Gasteiger partial charge in [-0.3, -0.25) is 18.5 Å². The van der Waals surface area contributed by atoms with Crippen molar-refractivity contribution in [2.24, 2.45) is 0 Å². The second-order valence-corrected chi connectivity index (χ2v) is 9.05. The molecule has 13 heteroatoms. The molecule has 1 aromatic carbocycles. The number of aliphatic hydroxyl groups excluding tert-OH is 2. The lowest BCUT2D eigenvalue weighted by molar-refractivity contribution is -0.130. The normalized spacial score (nSPS) is 26.5. The number of nitrogens with zero attached hydrogens (tertiary/aromatic N) is 3. The second-order valence-electron chi connectivity index (χ2n) is 7.44. The lowest BCUT2D eigenvalue weighted by Crippen LogP contribution is -2.43. The van der Waals surface area contributed by atoms with Crippen LogP contribution in [0, 0.1) is 6.92 Å². The smallest absolute Gasteiger partial charge is 0.297 e. The summed E-state index contributed by atoms with van der Waals surface area (Å²) in [5, 5.41) is 21.1. The van der Waals surface area contributed by atoms with Gasteiger partial charge in [-0.1, -0.05) is 17.7 Å². The van der Waals surface area contributed by atoms with E-state index >= 15 is 0 Å². The molecule has 4 atom stereocenters. The molecule has 0 radical (unpaired) electrons. The summed E-state index contributed by atoms with van der Waals surface area (Å²) in [5.41, 5.74) is 4.27. The van der Waals surface area contributed by atoms with Crippen LogP contribution in [0.2, 0.25) is 0 Å². The molecule has 1 fully saturated rings. The summed E-state index contributed by atoms with van der Waals surface area (Å²) in [7, 11) is -4.11. The number of fused-ring (bicyclic) bond motifs is 1. The number of hydrogen-bond donors (Lipinski definition) is 4. The average Bonchev–Trinajstić information content (AvgIpc) is 3.23. The summed E-state index contributed by atoms with van der Waals surface area (Å²) in [6.45, 7) is 2.71. The third-order valence-electron chi connectivity index (χ3n) is 5.24. The number of H-pyrrole nitrogens is 1. The number of anilines is 1. The largest absolute Gasteiger partial charge is 0.387 e. The van der Waals surface area contributed by atoms with Crippen LogP contribution < -0.4 is 11.3 Å². The Kier molecular flexibility index (Phi) is 5.10. The number of aliphatic hydroxyl groups is 2. The van der Waals surface area contributed by atoms with Crippen LogP contribution in [0.3, 0.4) is 0 Å². The minimum Gasteiger partial charge on any atom is -0.387 e. The molecule has 1 aliphatic heterocycles. The first-order chi connectivity index (χ1) is 14.5. The number of nitrogens with two attached hydrogens (primary N) is 1. The molecule has 0 amide bonds. The number of aryl methyl sites for hydroxylation is 1. The molecule has 1 aliphatic rings. The number of aromatic nitrogens is 4. The van der Waals surface area contributed by atoms with Crippen LogP contribution in [-0.4, -0.2) is 63.1 Å². The van der Waals surface area contributed by atoms with Crippen molar-refractivity contribution < 1.29 is 27.6 Å². The first-order valence-electron chi connectivity index (χ1n) is 9.26. The molecule has 0 unspecified atom stereocenters. The zero-order valence-electron chi connectivity index (χ0n) is 16.6. The molecule has 0 bridgehead atoms. The van der Waals surface area contributed by atoms with Crippen molar-refractivity contribution in [3.05, 3.63) is 46.5 Å². The number of imidazole rings is 1. The van der Waals surface area contributed by atoms with Crippen molar-refractivity contribution in [3.63, 3.8) is 0 Å². The molecule has 0 spiro atoms. The first-order valence-corrected chi connectivity index (χ1v) is 10.7. The number of ether oxygens (including phenoxy) is 1. The van der Waals surface area contributed by atoms with Crippen molar-refractivity contribution in [2.45, 2.75) is 42.8 Å². The van der Waals surface area contributed by atoms with Crippen LogP contribution in [-0.2, 0) is 24.8 Å². The van der Waals surface area contributed by atoms with Crippen molar-refractivity contribution >= 4 is 27.2 Å². The molecule has 1 saturated heterocycles. The highest BCUT2D eigenvalue weighted by Crippen LogP contribution is 2.37. The van der Waals surface area contributed by atoms with Gasteiger partial charge in [-0.25, -0.2) is 4.98 Å². The van der Waals surface area contributed by atoms with E-state index in [1.165, 1.54) is 30.0 Å². The fourth-order valence-electron chi connectivity index (χ4n) is 3.48. The Labute approximate surface area is 176 Å². The monoisotopic (exact) mass is 451 g/mol. The van der Waals surface area contributed by atoms with E-state index in [1.54, 1.807) is 12.1 Å². The molecular weight excluding hydrogens is 430 g/mol. The van der Waals surface area contributed by atoms with Gasteiger partial charge >= 0.3 is 0 Å². The number of nitrogen functional groups attached to an aromatic ring is 1.